The van der Waals surface area contributed by atoms with Crippen molar-refractivity contribution in [2.24, 2.45) is 5.73 Å². The summed E-state index contributed by atoms with van der Waals surface area (Å²) in [6, 6.07) is 9.02. The first kappa shape index (κ1) is 13.0. The summed E-state index contributed by atoms with van der Waals surface area (Å²) in [7, 11) is 0. The standard InChI is InChI=1S/C12H15N3O2/c1-9(14)10-2-4-11(5-3-10)17-8-12(16)15-7-6-13/h2-5,9H,7-8,14H2,1H3,(H,15,16)/t9-/m1/s1. The van der Waals surface area contributed by atoms with Crippen molar-refractivity contribution < 1.29 is 9.53 Å². The first-order valence-electron chi connectivity index (χ1n) is 5.25. The van der Waals surface area contributed by atoms with Crippen molar-refractivity contribution in [2.45, 2.75) is 13.0 Å². The largest absolute Gasteiger partial charge is 0.484 e. The number of nitrogens with one attached hydrogen (secondary N) is 1. The molecule has 0 spiro atoms. The number of rotatable bonds is 5. The van der Waals surface area contributed by atoms with Gasteiger partial charge in [-0.15, -0.1) is 0 Å². The van der Waals surface area contributed by atoms with Gasteiger partial charge < -0.3 is 15.8 Å². The van der Waals surface area contributed by atoms with Gasteiger partial charge in [-0.05, 0) is 24.6 Å². The van der Waals surface area contributed by atoms with Crippen LogP contribution in [0.5, 0.6) is 5.75 Å². The number of hydrogen-bond acceptors (Lipinski definition) is 4. The Labute approximate surface area is 100 Å². The van der Waals surface area contributed by atoms with Crippen LogP contribution in [0.2, 0.25) is 0 Å². The summed E-state index contributed by atoms with van der Waals surface area (Å²) in [6.45, 7) is 1.79. The van der Waals surface area contributed by atoms with Gasteiger partial charge >= 0.3 is 0 Å². The van der Waals surface area contributed by atoms with Crippen LogP contribution in [0.25, 0.3) is 0 Å². The number of carbonyl (C=O) groups is 1. The Balaban J connectivity index is 2.42. The summed E-state index contributed by atoms with van der Waals surface area (Å²) in [5, 5.41) is 10.7. The predicted molar refractivity (Wildman–Crippen MR) is 63.2 cm³/mol. The van der Waals surface area contributed by atoms with Gasteiger partial charge in [-0.1, -0.05) is 12.1 Å². The Morgan fingerprint density at radius 3 is 2.71 bits per heavy atom. The third-order valence-electron chi connectivity index (χ3n) is 2.14. The molecule has 1 amide bonds. The number of benzene rings is 1. The van der Waals surface area contributed by atoms with E-state index in [1.165, 1.54) is 0 Å². The van der Waals surface area contributed by atoms with E-state index in [1.54, 1.807) is 12.1 Å². The maximum Gasteiger partial charge on any atom is 0.258 e. The van der Waals surface area contributed by atoms with Gasteiger partial charge in [0.05, 0.1) is 6.07 Å². The van der Waals surface area contributed by atoms with E-state index < -0.39 is 0 Å². The zero-order valence-electron chi connectivity index (χ0n) is 9.64. The van der Waals surface area contributed by atoms with Crippen molar-refractivity contribution >= 4 is 5.91 Å². The molecule has 0 aliphatic heterocycles. The molecular formula is C12H15N3O2. The molecular weight excluding hydrogens is 218 g/mol. The van der Waals surface area contributed by atoms with Gasteiger partial charge in [-0.25, -0.2) is 0 Å². The topological polar surface area (TPSA) is 88.1 Å². The molecule has 5 nitrogen and oxygen atoms in total. The van der Waals surface area contributed by atoms with E-state index in [1.807, 2.05) is 25.1 Å². The highest BCUT2D eigenvalue weighted by Crippen LogP contribution is 2.15. The number of carbonyl (C=O) groups excluding carboxylic acids is 1. The van der Waals surface area contributed by atoms with Crippen LogP contribution in [0, 0.1) is 11.3 Å². The lowest BCUT2D eigenvalue weighted by molar-refractivity contribution is -0.122. The van der Waals surface area contributed by atoms with E-state index in [-0.39, 0.29) is 25.1 Å². The van der Waals surface area contributed by atoms with E-state index >= 15 is 0 Å². The first-order valence-corrected chi connectivity index (χ1v) is 5.25. The molecule has 0 saturated heterocycles. The van der Waals surface area contributed by atoms with E-state index in [4.69, 9.17) is 15.7 Å². The normalized spacial score (nSPS) is 11.4. The lowest BCUT2D eigenvalue weighted by Gasteiger charge is -2.08. The minimum absolute atomic E-state index is 0.00812. The highest BCUT2D eigenvalue weighted by atomic mass is 16.5. The first-order chi connectivity index (χ1) is 8.13. The average Bonchev–Trinajstić information content (AvgIpc) is 2.34. The van der Waals surface area contributed by atoms with Gasteiger partial charge in [-0.3, -0.25) is 4.79 Å². The lowest BCUT2D eigenvalue weighted by Crippen LogP contribution is -2.29. The molecule has 0 heterocycles. The molecule has 0 fully saturated rings. The molecule has 0 radical (unpaired) electrons. The van der Waals surface area contributed by atoms with Gasteiger partial charge in [0.2, 0.25) is 0 Å². The fraction of sp³-hybridized carbons (Fsp3) is 0.333. The zero-order valence-corrected chi connectivity index (χ0v) is 9.64. The maximum absolute atomic E-state index is 11.1. The molecule has 1 aromatic carbocycles. The van der Waals surface area contributed by atoms with Crippen molar-refractivity contribution in [3.63, 3.8) is 0 Å². The van der Waals surface area contributed by atoms with E-state index in [9.17, 15) is 4.79 Å². The van der Waals surface area contributed by atoms with Crippen LogP contribution in [-0.4, -0.2) is 19.1 Å². The van der Waals surface area contributed by atoms with Crippen molar-refractivity contribution in [3.8, 4) is 11.8 Å². The van der Waals surface area contributed by atoms with E-state index in [0.29, 0.717) is 5.75 Å². The monoisotopic (exact) mass is 233 g/mol. The van der Waals surface area contributed by atoms with Crippen molar-refractivity contribution in [1.82, 2.24) is 5.32 Å². The molecule has 0 bridgehead atoms. The number of hydrogen-bond donors (Lipinski definition) is 2. The number of nitriles is 1. The summed E-state index contributed by atoms with van der Waals surface area (Å²) in [5.74, 6) is 0.282. The molecule has 0 aliphatic carbocycles. The summed E-state index contributed by atoms with van der Waals surface area (Å²) >= 11 is 0. The van der Waals surface area contributed by atoms with Crippen LogP contribution in [0.1, 0.15) is 18.5 Å². The van der Waals surface area contributed by atoms with Crippen LogP contribution in [0.4, 0.5) is 0 Å². The number of nitrogens with zero attached hydrogens (tertiary/aromatic N) is 1. The minimum Gasteiger partial charge on any atom is -0.484 e. The highest BCUT2D eigenvalue weighted by molar-refractivity contribution is 5.77. The maximum atomic E-state index is 11.1. The lowest BCUT2D eigenvalue weighted by atomic mass is 10.1. The number of ether oxygens (including phenoxy) is 1. The molecule has 1 rings (SSSR count). The van der Waals surface area contributed by atoms with Gasteiger partial charge in [0, 0.05) is 6.04 Å². The molecule has 5 heteroatoms. The van der Waals surface area contributed by atoms with Crippen LogP contribution in [0.3, 0.4) is 0 Å². The van der Waals surface area contributed by atoms with Crippen LogP contribution in [0.15, 0.2) is 24.3 Å². The minimum atomic E-state index is -0.317. The van der Waals surface area contributed by atoms with E-state index in [0.717, 1.165) is 5.56 Å². The Morgan fingerprint density at radius 2 is 2.18 bits per heavy atom. The van der Waals surface area contributed by atoms with Gasteiger partial charge in [0.15, 0.2) is 6.61 Å². The van der Waals surface area contributed by atoms with Gasteiger partial charge in [-0.2, -0.15) is 5.26 Å². The molecule has 17 heavy (non-hydrogen) atoms. The Hall–Kier alpha value is -2.06. The number of nitrogens with two attached hydrogens (primary N) is 1. The van der Waals surface area contributed by atoms with E-state index in [2.05, 4.69) is 5.32 Å². The smallest absolute Gasteiger partial charge is 0.258 e. The average molecular weight is 233 g/mol. The molecule has 0 saturated carbocycles. The third-order valence-corrected chi connectivity index (χ3v) is 2.14. The molecule has 0 unspecified atom stereocenters. The summed E-state index contributed by atoms with van der Waals surface area (Å²) < 4.78 is 5.24. The quantitative estimate of drug-likeness (QED) is 0.734. The van der Waals surface area contributed by atoms with Crippen molar-refractivity contribution in [1.29, 1.82) is 5.26 Å². The molecule has 1 aromatic rings. The summed E-state index contributed by atoms with van der Waals surface area (Å²) in [6.07, 6.45) is 0. The third kappa shape index (κ3) is 4.53. The van der Waals surface area contributed by atoms with Crippen LogP contribution >= 0.6 is 0 Å². The van der Waals surface area contributed by atoms with Gasteiger partial charge in [0.1, 0.15) is 12.3 Å². The second kappa shape index (κ2) is 6.51. The molecule has 0 aliphatic rings. The number of amides is 1. The highest BCUT2D eigenvalue weighted by Gasteiger charge is 2.03. The molecule has 0 aromatic heterocycles. The second-order valence-electron chi connectivity index (χ2n) is 3.58. The second-order valence-corrected chi connectivity index (χ2v) is 3.58. The Morgan fingerprint density at radius 1 is 1.53 bits per heavy atom. The summed E-state index contributed by atoms with van der Waals surface area (Å²) in [4.78, 5) is 11.1. The Kier molecular flexibility index (Phi) is 4.98. The van der Waals surface area contributed by atoms with Crippen LogP contribution < -0.4 is 15.8 Å². The van der Waals surface area contributed by atoms with Gasteiger partial charge in [0.25, 0.3) is 5.91 Å². The fourth-order valence-electron chi connectivity index (χ4n) is 1.21. The SMILES string of the molecule is C[C@@H](N)c1ccc(OCC(=O)NCC#N)cc1. The summed E-state index contributed by atoms with van der Waals surface area (Å²) in [5.41, 5.74) is 6.71. The molecule has 90 valence electrons. The zero-order chi connectivity index (χ0) is 12.7. The molecule has 1 atom stereocenters. The van der Waals surface area contributed by atoms with Crippen molar-refractivity contribution in [2.75, 3.05) is 13.2 Å². The van der Waals surface area contributed by atoms with Crippen LogP contribution in [-0.2, 0) is 4.79 Å². The predicted octanol–water partition coefficient (Wildman–Crippen LogP) is 0.725. The molecule has 3 N–H and O–H groups in total. The Bertz CT molecular complexity index is 407. The van der Waals surface area contributed by atoms with Crippen molar-refractivity contribution in [3.05, 3.63) is 29.8 Å². The fourth-order valence-corrected chi connectivity index (χ4v) is 1.21.